The molecular weight excluding hydrogens is 416 g/mol. The number of sulfonamides is 1. The number of hydrogen-bond acceptors (Lipinski definition) is 5. The van der Waals surface area contributed by atoms with Crippen molar-refractivity contribution in [2.45, 2.75) is 44.7 Å². The topological polar surface area (TPSA) is 92.8 Å². The molecule has 0 radical (unpaired) electrons. The first-order chi connectivity index (χ1) is 14.7. The molecule has 0 saturated carbocycles. The van der Waals surface area contributed by atoms with Gasteiger partial charge in [0.1, 0.15) is 0 Å². The Kier molecular flexibility index (Phi) is 7.12. The summed E-state index contributed by atoms with van der Waals surface area (Å²) in [6.07, 6.45) is 0.640. The zero-order chi connectivity index (χ0) is 22.6. The Labute approximate surface area is 183 Å². The molecule has 1 heterocycles. The van der Waals surface area contributed by atoms with E-state index in [0.29, 0.717) is 19.5 Å². The summed E-state index contributed by atoms with van der Waals surface area (Å²) in [5.41, 5.74) is 2.22. The lowest BCUT2D eigenvalue weighted by molar-refractivity contribution is -0.125. The summed E-state index contributed by atoms with van der Waals surface area (Å²) in [7, 11) is -3.77. The highest BCUT2D eigenvalue weighted by atomic mass is 32.2. The van der Waals surface area contributed by atoms with Gasteiger partial charge in [-0.2, -0.15) is 4.31 Å². The zero-order valence-corrected chi connectivity index (χ0v) is 18.8. The van der Waals surface area contributed by atoms with Crippen LogP contribution in [0.5, 0.6) is 0 Å². The summed E-state index contributed by atoms with van der Waals surface area (Å²) >= 11 is 0. The number of hydrogen-bond donors (Lipinski definition) is 1. The summed E-state index contributed by atoms with van der Waals surface area (Å²) in [6, 6.07) is 13.5. The van der Waals surface area contributed by atoms with Gasteiger partial charge in [-0.1, -0.05) is 44.2 Å². The monoisotopic (exact) mass is 444 g/mol. The van der Waals surface area contributed by atoms with Crippen LogP contribution in [0.4, 0.5) is 0 Å². The number of nitrogens with one attached hydrogen (secondary N) is 1. The lowest BCUT2D eigenvalue weighted by Gasteiger charge is -2.28. The van der Waals surface area contributed by atoms with Crippen LogP contribution in [0.15, 0.2) is 53.4 Å². The molecule has 3 rings (SSSR count). The third kappa shape index (κ3) is 5.51. The fourth-order valence-electron chi connectivity index (χ4n) is 3.28. The number of carbonyl (C=O) groups is 2. The van der Waals surface area contributed by atoms with Crippen LogP contribution in [-0.4, -0.2) is 43.8 Å². The average molecular weight is 445 g/mol. The number of fused-ring (bicyclic) bond motifs is 1. The standard InChI is InChI=1S/C23H28N2O5S/c1-16(2)17(3)24-22(26)15-30-23(27)19-9-6-10-21(13-19)31(28,29)25-12-11-18-7-4-5-8-20(18)14-25/h4-10,13,16-17H,11-12,14-15H2,1-3H3,(H,24,26)/t17-/m0/s1. The van der Waals surface area contributed by atoms with E-state index in [0.717, 1.165) is 11.1 Å². The molecular formula is C23H28N2O5S. The van der Waals surface area contributed by atoms with Crippen molar-refractivity contribution in [1.29, 1.82) is 0 Å². The molecule has 8 heteroatoms. The third-order valence-corrected chi connectivity index (χ3v) is 7.37. The first-order valence-corrected chi connectivity index (χ1v) is 11.8. The number of nitrogens with zero attached hydrogens (tertiary/aromatic N) is 1. The molecule has 0 spiro atoms. The Morgan fingerprint density at radius 3 is 2.48 bits per heavy atom. The van der Waals surface area contributed by atoms with E-state index < -0.39 is 28.5 Å². The van der Waals surface area contributed by atoms with Crippen LogP contribution in [0.2, 0.25) is 0 Å². The molecule has 1 amide bonds. The van der Waals surface area contributed by atoms with Gasteiger partial charge in [0.2, 0.25) is 10.0 Å². The molecule has 0 bridgehead atoms. The molecule has 1 aliphatic rings. The lowest BCUT2D eigenvalue weighted by atomic mass is 10.0. The Bertz CT molecular complexity index is 1070. The highest BCUT2D eigenvalue weighted by molar-refractivity contribution is 7.89. The minimum Gasteiger partial charge on any atom is -0.452 e. The second-order valence-electron chi connectivity index (χ2n) is 8.06. The molecule has 0 saturated heterocycles. The van der Waals surface area contributed by atoms with Crippen molar-refractivity contribution in [3.05, 3.63) is 65.2 Å². The van der Waals surface area contributed by atoms with Crippen molar-refractivity contribution < 1.29 is 22.7 Å². The summed E-state index contributed by atoms with van der Waals surface area (Å²) in [4.78, 5) is 24.3. The van der Waals surface area contributed by atoms with E-state index in [1.165, 1.54) is 28.6 Å². The van der Waals surface area contributed by atoms with Crippen molar-refractivity contribution in [3.63, 3.8) is 0 Å². The Balaban J connectivity index is 1.68. The lowest BCUT2D eigenvalue weighted by Crippen LogP contribution is -2.38. The number of amides is 1. The van der Waals surface area contributed by atoms with Gasteiger partial charge in [0.15, 0.2) is 6.61 Å². The first-order valence-electron chi connectivity index (χ1n) is 10.3. The summed E-state index contributed by atoms with van der Waals surface area (Å²) in [6.45, 7) is 6.07. The van der Waals surface area contributed by atoms with Crippen molar-refractivity contribution in [1.82, 2.24) is 9.62 Å². The SMILES string of the molecule is CC(C)[C@H](C)NC(=O)COC(=O)c1cccc(S(=O)(=O)N2CCc3ccccc3C2)c1. The van der Waals surface area contributed by atoms with E-state index in [-0.39, 0.29) is 22.4 Å². The molecule has 31 heavy (non-hydrogen) atoms. The Morgan fingerprint density at radius 2 is 1.77 bits per heavy atom. The van der Waals surface area contributed by atoms with Gasteiger partial charge in [0.05, 0.1) is 10.5 Å². The normalized spacial score (nSPS) is 15.2. The van der Waals surface area contributed by atoms with Crippen molar-refractivity contribution in [2.24, 2.45) is 5.92 Å². The molecule has 7 nitrogen and oxygen atoms in total. The second kappa shape index (κ2) is 9.62. The Morgan fingerprint density at radius 1 is 1.06 bits per heavy atom. The molecule has 0 aromatic heterocycles. The number of benzene rings is 2. The zero-order valence-electron chi connectivity index (χ0n) is 18.0. The van der Waals surface area contributed by atoms with E-state index in [1.54, 1.807) is 0 Å². The molecule has 1 atom stereocenters. The molecule has 2 aromatic rings. The smallest absolute Gasteiger partial charge is 0.338 e. The predicted molar refractivity (Wildman–Crippen MR) is 117 cm³/mol. The van der Waals surface area contributed by atoms with Crippen LogP contribution in [0.25, 0.3) is 0 Å². The minimum absolute atomic E-state index is 0.0270. The number of ether oxygens (including phenoxy) is 1. The van der Waals surface area contributed by atoms with E-state index in [9.17, 15) is 18.0 Å². The maximum absolute atomic E-state index is 13.1. The fraction of sp³-hybridized carbons (Fsp3) is 0.391. The van der Waals surface area contributed by atoms with Gasteiger partial charge in [0.25, 0.3) is 5.91 Å². The largest absolute Gasteiger partial charge is 0.452 e. The van der Waals surface area contributed by atoms with Gasteiger partial charge >= 0.3 is 5.97 Å². The molecule has 1 aliphatic heterocycles. The number of esters is 1. The fourth-order valence-corrected chi connectivity index (χ4v) is 4.75. The second-order valence-corrected chi connectivity index (χ2v) is 10.00. The summed E-state index contributed by atoms with van der Waals surface area (Å²) in [5.74, 6) is -0.887. The van der Waals surface area contributed by atoms with Crippen LogP contribution >= 0.6 is 0 Å². The average Bonchev–Trinajstić information content (AvgIpc) is 2.77. The molecule has 166 valence electrons. The summed E-state index contributed by atoms with van der Waals surface area (Å²) < 4.78 is 32.8. The van der Waals surface area contributed by atoms with Gasteiger partial charge in [-0.25, -0.2) is 13.2 Å². The molecule has 2 aromatic carbocycles. The van der Waals surface area contributed by atoms with Gasteiger partial charge in [0, 0.05) is 19.1 Å². The third-order valence-electron chi connectivity index (χ3n) is 5.53. The highest BCUT2D eigenvalue weighted by Crippen LogP contribution is 2.25. The van der Waals surface area contributed by atoms with Crippen LogP contribution in [0, 0.1) is 5.92 Å². The maximum atomic E-state index is 13.1. The summed E-state index contributed by atoms with van der Waals surface area (Å²) in [5, 5.41) is 2.75. The van der Waals surface area contributed by atoms with Gasteiger partial charge < -0.3 is 10.1 Å². The van der Waals surface area contributed by atoms with Gasteiger partial charge in [-0.05, 0) is 48.6 Å². The highest BCUT2D eigenvalue weighted by Gasteiger charge is 2.29. The van der Waals surface area contributed by atoms with Crippen molar-refractivity contribution >= 4 is 21.9 Å². The predicted octanol–water partition coefficient (Wildman–Crippen LogP) is 2.75. The quantitative estimate of drug-likeness (QED) is 0.663. The molecule has 0 unspecified atom stereocenters. The van der Waals surface area contributed by atoms with E-state index in [1.807, 2.05) is 45.0 Å². The van der Waals surface area contributed by atoms with Crippen LogP contribution in [-0.2, 0) is 32.5 Å². The molecule has 1 N–H and O–H groups in total. The number of rotatable bonds is 7. The first kappa shape index (κ1) is 23.0. The van der Waals surface area contributed by atoms with Crippen molar-refractivity contribution in [3.8, 4) is 0 Å². The van der Waals surface area contributed by atoms with E-state index >= 15 is 0 Å². The van der Waals surface area contributed by atoms with Crippen LogP contribution < -0.4 is 5.32 Å². The van der Waals surface area contributed by atoms with E-state index in [2.05, 4.69) is 5.32 Å². The van der Waals surface area contributed by atoms with Crippen LogP contribution in [0.3, 0.4) is 0 Å². The minimum atomic E-state index is -3.77. The maximum Gasteiger partial charge on any atom is 0.338 e. The van der Waals surface area contributed by atoms with Crippen molar-refractivity contribution in [2.75, 3.05) is 13.2 Å². The van der Waals surface area contributed by atoms with E-state index in [4.69, 9.17) is 4.74 Å². The van der Waals surface area contributed by atoms with Gasteiger partial charge in [-0.3, -0.25) is 4.79 Å². The molecule has 0 aliphatic carbocycles. The molecule has 0 fully saturated rings. The Hall–Kier alpha value is -2.71. The van der Waals surface area contributed by atoms with Crippen LogP contribution in [0.1, 0.15) is 42.3 Å². The van der Waals surface area contributed by atoms with Gasteiger partial charge in [-0.15, -0.1) is 0 Å². The number of carbonyl (C=O) groups excluding carboxylic acids is 2.